The minimum atomic E-state index is -0.521. The number of hydrogen-bond acceptors (Lipinski definition) is 4. The fourth-order valence-corrected chi connectivity index (χ4v) is 2.75. The Morgan fingerprint density at radius 2 is 1.96 bits per heavy atom. The molecule has 25 heavy (non-hydrogen) atoms. The minimum Gasteiger partial charge on any atom is -0.486 e. The van der Waals surface area contributed by atoms with Crippen molar-refractivity contribution in [1.29, 1.82) is 0 Å². The number of carbonyl (C=O) groups is 1. The van der Waals surface area contributed by atoms with Gasteiger partial charge >= 0.3 is 0 Å². The van der Waals surface area contributed by atoms with Gasteiger partial charge in [0.15, 0.2) is 11.5 Å². The first kappa shape index (κ1) is 17.5. The summed E-state index contributed by atoms with van der Waals surface area (Å²) in [5.74, 6) is 0.600. The van der Waals surface area contributed by atoms with Crippen LogP contribution in [-0.2, 0) is 11.3 Å². The second-order valence-electron chi connectivity index (χ2n) is 5.82. The lowest BCUT2D eigenvalue weighted by Gasteiger charge is -2.21. The van der Waals surface area contributed by atoms with Crippen LogP contribution in [0.2, 0.25) is 5.02 Å². The Morgan fingerprint density at radius 3 is 2.76 bits per heavy atom. The van der Waals surface area contributed by atoms with E-state index in [0.717, 1.165) is 11.3 Å². The van der Waals surface area contributed by atoms with E-state index in [4.69, 9.17) is 21.1 Å². The molecule has 0 aliphatic carbocycles. The molecule has 0 spiro atoms. The summed E-state index contributed by atoms with van der Waals surface area (Å²) in [6.07, 6.45) is 0. The quantitative estimate of drug-likeness (QED) is 0.884. The van der Waals surface area contributed by atoms with Crippen LogP contribution in [0.25, 0.3) is 0 Å². The van der Waals surface area contributed by atoms with E-state index in [1.54, 1.807) is 0 Å². The molecule has 0 unspecified atom stereocenters. The van der Waals surface area contributed by atoms with Crippen molar-refractivity contribution in [2.45, 2.75) is 6.54 Å². The smallest absolute Gasteiger partial charge is 0.238 e. The summed E-state index contributed by atoms with van der Waals surface area (Å²) >= 11 is 5.82. The lowest BCUT2D eigenvalue weighted by Crippen LogP contribution is -2.30. The number of likely N-dealkylation sites (N-methyl/N-ethyl adjacent to an activating group) is 1. The third-order valence-electron chi connectivity index (χ3n) is 3.68. The molecule has 1 amide bonds. The molecule has 132 valence electrons. The lowest BCUT2D eigenvalue weighted by atomic mass is 10.2. The Morgan fingerprint density at radius 1 is 1.20 bits per heavy atom. The molecule has 0 fully saturated rings. The summed E-state index contributed by atoms with van der Waals surface area (Å²) in [5, 5.41) is 2.90. The third-order valence-corrected chi connectivity index (χ3v) is 3.91. The highest BCUT2D eigenvalue weighted by Gasteiger charge is 2.14. The molecule has 0 aromatic heterocycles. The van der Waals surface area contributed by atoms with Crippen molar-refractivity contribution in [2.75, 3.05) is 32.1 Å². The van der Waals surface area contributed by atoms with Gasteiger partial charge in [0.25, 0.3) is 0 Å². The summed E-state index contributed by atoms with van der Waals surface area (Å²) in [5.41, 5.74) is 1.07. The van der Waals surface area contributed by atoms with Gasteiger partial charge in [-0.05, 0) is 42.9 Å². The monoisotopic (exact) mass is 364 g/mol. The lowest BCUT2D eigenvalue weighted by molar-refractivity contribution is -0.117. The largest absolute Gasteiger partial charge is 0.486 e. The first-order valence-electron chi connectivity index (χ1n) is 7.83. The molecule has 1 aliphatic rings. The zero-order valence-electron chi connectivity index (χ0n) is 13.7. The van der Waals surface area contributed by atoms with Crippen molar-refractivity contribution >= 4 is 23.2 Å². The second kappa shape index (κ2) is 7.72. The van der Waals surface area contributed by atoms with Crippen molar-refractivity contribution in [1.82, 2.24) is 4.90 Å². The summed E-state index contributed by atoms with van der Waals surface area (Å²) in [6, 6.07) is 9.73. The zero-order valence-corrected chi connectivity index (χ0v) is 14.5. The van der Waals surface area contributed by atoms with Crippen molar-refractivity contribution in [2.24, 2.45) is 0 Å². The van der Waals surface area contributed by atoms with Crippen LogP contribution in [0, 0.1) is 5.82 Å². The molecule has 5 nitrogen and oxygen atoms in total. The highest BCUT2D eigenvalue weighted by atomic mass is 35.5. The van der Waals surface area contributed by atoms with Crippen LogP contribution >= 0.6 is 11.6 Å². The number of benzene rings is 2. The van der Waals surface area contributed by atoms with E-state index in [2.05, 4.69) is 5.32 Å². The first-order valence-corrected chi connectivity index (χ1v) is 8.21. The number of rotatable bonds is 5. The molecular weight excluding hydrogens is 347 g/mol. The molecule has 0 bridgehead atoms. The van der Waals surface area contributed by atoms with Crippen LogP contribution in [0.3, 0.4) is 0 Å². The number of carbonyl (C=O) groups excluding carboxylic acids is 1. The molecule has 2 aromatic rings. The molecule has 1 N–H and O–H groups in total. The van der Waals surface area contributed by atoms with Gasteiger partial charge in [0, 0.05) is 11.6 Å². The Kier molecular flexibility index (Phi) is 5.40. The van der Waals surface area contributed by atoms with Gasteiger partial charge in [-0.25, -0.2) is 4.39 Å². The van der Waals surface area contributed by atoms with Gasteiger partial charge in [0.2, 0.25) is 5.91 Å². The Balaban J connectivity index is 1.57. The average Bonchev–Trinajstić information content (AvgIpc) is 2.58. The van der Waals surface area contributed by atoms with E-state index >= 15 is 0 Å². The van der Waals surface area contributed by atoms with E-state index < -0.39 is 5.82 Å². The Hall–Kier alpha value is -2.31. The van der Waals surface area contributed by atoms with Gasteiger partial charge in [-0.3, -0.25) is 9.69 Å². The number of fused-ring (bicyclic) bond motifs is 1. The van der Waals surface area contributed by atoms with E-state index in [0.29, 0.717) is 30.5 Å². The van der Waals surface area contributed by atoms with Crippen molar-refractivity contribution < 1.29 is 18.7 Å². The molecule has 1 aliphatic heterocycles. The predicted molar refractivity (Wildman–Crippen MR) is 93.8 cm³/mol. The SMILES string of the molecule is CN(CC(=O)Nc1cc(Cl)ccc1F)Cc1ccc2c(c1)OCCO2. The highest BCUT2D eigenvalue weighted by molar-refractivity contribution is 6.30. The molecule has 7 heteroatoms. The number of hydrogen-bond donors (Lipinski definition) is 1. The van der Waals surface area contributed by atoms with Crippen molar-refractivity contribution in [3.05, 3.63) is 52.8 Å². The van der Waals surface area contributed by atoms with E-state index in [9.17, 15) is 9.18 Å². The van der Waals surface area contributed by atoms with Crippen LogP contribution in [0.1, 0.15) is 5.56 Å². The minimum absolute atomic E-state index is 0.0743. The Labute approximate surface area is 150 Å². The fourth-order valence-electron chi connectivity index (χ4n) is 2.58. The predicted octanol–water partition coefficient (Wildman–Crippen LogP) is 3.32. The summed E-state index contributed by atoms with van der Waals surface area (Å²) in [7, 11) is 1.81. The normalized spacial score (nSPS) is 13.0. The maximum atomic E-state index is 13.7. The van der Waals surface area contributed by atoms with Gasteiger partial charge in [-0.1, -0.05) is 17.7 Å². The maximum absolute atomic E-state index is 13.7. The van der Waals surface area contributed by atoms with Crippen molar-refractivity contribution in [3.63, 3.8) is 0 Å². The molecule has 0 saturated carbocycles. The number of anilines is 1. The number of nitrogens with zero attached hydrogens (tertiary/aromatic N) is 1. The van der Waals surface area contributed by atoms with Crippen LogP contribution in [-0.4, -0.2) is 37.6 Å². The van der Waals surface area contributed by atoms with E-state index in [1.165, 1.54) is 18.2 Å². The molecule has 1 heterocycles. The van der Waals surface area contributed by atoms with E-state index in [-0.39, 0.29) is 18.1 Å². The van der Waals surface area contributed by atoms with Gasteiger partial charge in [-0.15, -0.1) is 0 Å². The standard InChI is InChI=1S/C18H18ClFN2O3/c1-22(10-12-2-5-16-17(8-12)25-7-6-24-16)11-18(23)21-15-9-13(19)3-4-14(15)20/h2-5,8-9H,6-7,10-11H2,1H3,(H,21,23). The summed E-state index contributed by atoms with van der Waals surface area (Å²) in [6.45, 7) is 1.73. The molecule has 0 atom stereocenters. The fraction of sp³-hybridized carbons (Fsp3) is 0.278. The first-order chi connectivity index (χ1) is 12.0. The van der Waals surface area contributed by atoms with Crippen LogP contribution in [0.15, 0.2) is 36.4 Å². The van der Waals surface area contributed by atoms with Crippen LogP contribution in [0.4, 0.5) is 10.1 Å². The molecule has 2 aromatic carbocycles. The van der Waals surface area contributed by atoms with Crippen LogP contribution < -0.4 is 14.8 Å². The highest BCUT2D eigenvalue weighted by Crippen LogP contribution is 2.31. The maximum Gasteiger partial charge on any atom is 0.238 e. The second-order valence-corrected chi connectivity index (χ2v) is 6.26. The molecule has 0 radical (unpaired) electrons. The van der Waals surface area contributed by atoms with Gasteiger partial charge in [-0.2, -0.15) is 0 Å². The number of amides is 1. The summed E-state index contributed by atoms with van der Waals surface area (Å²) < 4.78 is 24.7. The zero-order chi connectivity index (χ0) is 17.8. The number of nitrogens with one attached hydrogen (secondary N) is 1. The topological polar surface area (TPSA) is 50.8 Å². The van der Waals surface area contributed by atoms with Crippen molar-refractivity contribution in [3.8, 4) is 11.5 Å². The molecule has 0 saturated heterocycles. The number of ether oxygens (including phenoxy) is 2. The average molecular weight is 365 g/mol. The molecular formula is C18H18ClFN2O3. The van der Waals surface area contributed by atoms with Gasteiger partial charge in [0.05, 0.1) is 12.2 Å². The van der Waals surface area contributed by atoms with Crippen LogP contribution in [0.5, 0.6) is 11.5 Å². The summed E-state index contributed by atoms with van der Waals surface area (Å²) in [4.78, 5) is 13.9. The Bertz CT molecular complexity index is 785. The van der Waals surface area contributed by atoms with E-state index in [1.807, 2.05) is 30.1 Å². The van der Waals surface area contributed by atoms with Gasteiger partial charge in [0.1, 0.15) is 19.0 Å². The number of halogens is 2. The third kappa shape index (κ3) is 4.61. The van der Waals surface area contributed by atoms with Gasteiger partial charge < -0.3 is 14.8 Å². The molecule has 3 rings (SSSR count).